The zero-order valence-corrected chi connectivity index (χ0v) is 17.5. The van der Waals surface area contributed by atoms with Crippen LogP contribution in [0.2, 0.25) is 5.02 Å². The number of carbonyl (C=O) groups excluding carboxylic acids is 3. The molecule has 2 aromatic rings. The Kier molecular flexibility index (Phi) is 7.30. The first kappa shape index (κ1) is 21.6. The number of ketones is 1. The van der Waals surface area contributed by atoms with Crippen molar-refractivity contribution in [1.82, 2.24) is 10.2 Å². The van der Waals surface area contributed by atoms with Crippen molar-refractivity contribution in [2.75, 3.05) is 44.2 Å². The molecule has 0 aliphatic carbocycles. The fraction of sp³-hybridized carbons (Fsp3) is 0.318. The minimum atomic E-state index is -0.392. The SMILES string of the molecule is CC(=O)c1cccc(OCC(=O)NCC(=O)N2CCN(c3ccc(Cl)cc3)CC2)c1. The van der Waals surface area contributed by atoms with Crippen LogP contribution in [0.5, 0.6) is 5.75 Å². The van der Waals surface area contributed by atoms with Gasteiger partial charge in [0.15, 0.2) is 12.4 Å². The second-order valence-electron chi connectivity index (χ2n) is 6.99. The van der Waals surface area contributed by atoms with Gasteiger partial charge in [0.05, 0.1) is 6.54 Å². The molecule has 8 heteroatoms. The molecular weight excluding hydrogens is 406 g/mol. The van der Waals surface area contributed by atoms with E-state index < -0.39 is 5.91 Å². The van der Waals surface area contributed by atoms with Crippen molar-refractivity contribution in [2.45, 2.75) is 6.92 Å². The van der Waals surface area contributed by atoms with E-state index in [0.29, 0.717) is 29.4 Å². The standard InChI is InChI=1S/C22H24ClN3O4/c1-16(27)17-3-2-4-20(13-17)30-15-21(28)24-14-22(29)26-11-9-25(10-12-26)19-7-5-18(23)6-8-19/h2-8,13H,9-12,14-15H2,1H3,(H,24,28). The van der Waals surface area contributed by atoms with E-state index in [1.807, 2.05) is 24.3 Å². The number of ether oxygens (including phenoxy) is 1. The van der Waals surface area contributed by atoms with Crippen molar-refractivity contribution in [1.29, 1.82) is 0 Å². The molecule has 1 heterocycles. The third kappa shape index (κ3) is 5.97. The van der Waals surface area contributed by atoms with Crippen molar-refractivity contribution >= 4 is 34.9 Å². The number of carbonyl (C=O) groups is 3. The summed E-state index contributed by atoms with van der Waals surface area (Å²) in [6.07, 6.45) is 0. The van der Waals surface area contributed by atoms with E-state index in [1.165, 1.54) is 6.92 Å². The molecule has 1 aliphatic rings. The number of rotatable bonds is 7. The van der Waals surface area contributed by atoms with Crippen LogP contribution in [-0.4, -0.2) is 61.8 Å². The van der Waals surface area contributed by atoms with Crippen LogP contribution in [0.1, 0.15) is 17.3 Å². The molecule has 0 spiro atoms. The summed E-state index contributed by atoms with van der Waals surface area (Å²) in [7, 11) is 0. The number of anilines is 1. The largest absolute Gasteiger partial charge is 0.484 e. The average molecular weight is 430 g/mol. The Labute approximate surface area is 180 Å². The molecule has 1 N–H and O–H groups in total. The van der Waals surface area contributed by atoms with Gasteiger partial charge < -0.3 is 19.9 Å². The van der Waals surface area contributed by atoms with Gasteiger partial charge in [-0.25, -0.2) is 0 Å². The number of Topliss-reactive ketones (excluding diaryl/α,β-unsaturated/α-hetero) is 1. The lowest BCUT2D eigenvalue weighted by atomic mass is 10.1. The summed E-state index contributed by atoms with van der Waals surface area (Å²) in [5, 5.41) is 3.28. The Bertz CT molecular complexity index is 909. The first-order valence-corrected chi connectivity index (χ1v) is 10.1. The van der Waals surface area contributed by atoms with Crippen molar-refractivity contribution in [3.63, 3.8) is 0 Å². The zero-order valence-electron chi connectivity index (χ0n) is 16.8. The summed E-state index contributed by atoms with van der Waals surface area (Å²) in [6, 6.07) is 14.3. The van der Waals surface area contributed by atoms with Crippen molar-refractivity contribution in [2.24, 2.45) is 0 Å². The lowest BCUT2D eigenvalue weighted by Gasteiger charge is -2.36. The highest BCUT2D eigenvalue weighted by molar-refractivity contribution is 6.30. The molecule has 1 fully saturated rings. The molecular formula is C22H24ClN3O4. The zero-order chi connectivity index (χ0) is 21.5. The number of nitrogens with one attached hydrogen (secondary N) is 1. The van der Waals surface area contributed by atoms with E-state index in [9.17, 15) is 14.4 Å². The van der Waals surface area contributed by atoms with Crippen LogP contribution < -0.4 is 15.0 Å². The third-order valence-corrected chi connectivity index (χ3v) is 5.12. The maximum absolute atomic E-state index is 12.4. The number of hydrogen-bond donors (Lipinski definition) is 1. The third-order valence-electron chi connectivity index (χ3n) is 4.87. The number of amides is 2. The monoisotopic (exact) mass is 429 g/mol. The van der Waals surface area contributed by atoms with E-state index in [0.717, 1.165) is 18.8 Å². The van der Waals surface area contributed by atoms with Crippen LogP contribution in [0, 0.1) is 0 Å². The quantitative estimate of drug-likeness (QED) is 0.684. The highest BCUT2D eigenvalue weighted by Crippen LogP contribution is 2.19. The number of nitrogens with zero attached hydrogens (tertiary/aromatic N) is 2. The first-order chi connectivity index (χ1) is 14.4. The Balaban J connectivity index is 1.39. The normalized spacial score (nSPS) is 13.7. The molecule has 1 aliphatic heterocycles. The smallest absolute Gasteiger partial charge is 0.258 e. The van der Waals surface area contributed by atoms with Crippen molar-refractivity contribution in [3.05, 3.63) is 59.1 Å². The fourth-order valence-corrected chi connectivity index (χ4v) is 3.28. The van der Waals surface area contributed by atoms with Gasteiger partial charge in [-0.1, -0.05) is 23.7 Å². The summed E-state index contributed by atoms with van der Waals surface area (Å²) in [6.45, 7) is 3.79. The maximum atomic E-state index is 12.4. The van der Waals surface area contributed by atoms with Crippen LogP contribution in [0.4, 0.5) is 5.69 Å². The fourth-order valence-electron chi connectivity index (χ4n) is 3.16. The predicted molar refractivity (Wildman–Crippen MR) is 115 cm³/mol. The second-order valence-corrected chi connectivity index (χ2v) is 7.43. The van der Waals surface area contributed by atoms with E-state index >= 15 is 0 Å². The molecule has 158 valence electrons. The van der Waals surface area contributed by atoms with Gasteiger partial charge in [-0.15, -0.1) is 0 Å². The van der Waals surface area contributed by atoms with Crippen molar-refractivity contribution in [3.8, 4) is 5.75 Å². The van der Waals surface area contributed by atoms with Gasteiger partial charge in [0.25, 0.3) is 5.91 Å². The van der Waals surface area contributed by atoms with Gasteiger partial charge in [0.2, 0.25) is 5.91 Å². The molecule has 0 atom stereocenters. The van der Waals surface area contributed by atoms with Crippen molar-refractivity contribution < 1.29 is 19.1 Å². The summed E-state index contributed by atoms with van der Waals surface area (Å²) in [5.41, 5.74) is 1.59. The van der Waals surface area contributed by atoms with Crippen LogP contribution in [-0.2, 0) is 9.59 Å². The van der Waals surface area contributed by atoms with Crippen LogP contribution in [0.15, 0.2) is 48.5 Å². The van der Waals surface area contributed by atoms with Crippen LogP contribution >= 0.6 is 11.6 Å². The van der Waals surface area contributed by atoms with Gasteiger partial charge >= 0.3 is 0 Å². The summed E-state index contributed by atoms with van der Waals surface area (Å²) in [4.78, 5) is 39.7. The molecule has 0 unspecified atom stereocenters. The highest BCUT2D eigenvalue weighted by Gasteiger charge is 2.21. The lowest BCUT2D eigenvalue weighted by Crippen LogP contribution is -2.51. The van der Waals surface area contributed by atoms with Gasteiger partial charge in [0.1, 0.15) is 5.75 Å². The molecule has 1 saturated heterocycles. The molecule has 3 rings (SSSR count). The molecule has 7 nitrogen and oxygen atoms in total. The van der Waals surface area contributed by atoms with Gasteiger partial charge in [-0.2, -0.15) is 0 Å². The molecule has 0 bridgehead atoms. The Morgan fingerprint density at radius 3 is 2.40 bits per heavy atom. The Morgan fingerprint density at radius 2 is 1.73 bits per heavy atom. The summed E-state index contributed by atoms with van der Waals surface area (Å²) >= 11 is 5.92. The number of halogens is 1. The van der Waals surface area contributed by atoms with E-state index in [2.05, 4.69) is 10.2 Å². The first-order valence-electron chi connectivity index (χ1n) is 9.71. The molecule has 0 aromatic heterocycles. The summed E-state index contributed by atoms with van der Waals surface area (Å²) in [5.74, 6) is -0.164. The molecule has 0 radical (unpaired) electrons. The van der Waals surface area contributed by atoms with Crippen LogP contribution in [0.25, 0.3) is 0 Å². The topological polar surface area (TPSA) is 78.9 Å². The average Bonchev–Trinajstić information content (AvgIpc) is 2.77. The summed E-state index contributed by atoms with van der Waals surface area (Å²) < 4.78 is 5.40. The predicted octanol–water partition coefficient (Wildman–Crippen LogP) is 2.39. The lowest BCUT2D eigenvalue weighted by molar-refractivity contribution is -0.133. The molecule has 2 aromatic carbocycles. The van der Waals surface area contributed by atoms with Gasteiger partial charge in [0, 0.05) is 42.5 Å². The van der Waals surface area contributed by atoms with E-state index in [4.69, 9.17) is 16.3 Å². The molecule has 30 heavy (non-hydrogen) atoms. The molecule has 0 saturated carbocycles. The van der Waals surface area contributed by atoms with Gasteiger partial charge in [-0.05, 0) is 43.3 Å². The Morgan fingerprint density at radius 1 is 1.03 bits per heavy atom. The van der Waals surface area contributed by atoms with E-state index in [-0.39, 0.29) is 24.8 Å². The number of hydrogen-bond acceptors (Lipinski definition) is 5. The van der Waals surface area contributed by atoms with Gasteiger partial charge in [-0.3, -0.25) is 14.4 Å². The number of piperazine rings is 1. The Hall–Kier alpha value is -3.06. The minimum Gasteiger partial charge on any atom is -0.484 e. The van der Waals surface area contributed by atoms with E-state index in [1.54, 1.807) is 29.2 Å². The molecule has 2 amide bonds. The van der Waals surface area contributed by atoms with Crippen LogP contribution in [0.3, 0.4) is 0 Å². The minimum absolute atomic E-state index is 0.0728. The number of benzene rings is 2. The maximum Gasteiger partial charge on any atom is 0.258 e. The second kappa shape index (κ2) is 10.1. The highest BCUT2D eigenvalue weighted by atomic mass is 35.5.